The molecule has 0 saturated heterocycles. The van der Waals surface area contributed by atoms with E-state index in [0.717, 1.165) is 0 Å². The first-order valence-electron chi connectivity index (χ1n) is 5.92. The molecule has 3 amide bonds. The summed E-state index contributed by atoms with van der Waals surface area (Å²) in [6.07, 6.45) is 0. The van der Waals surface area contributed by atoms with E-state index in [1.807, 2.05) is 6.07 Å². The van der Waals surface area contributed by atoms with Crippen LogP contribution in [-0.2, 0) is 4.79 Å². The lowest BCUT2D eigenvalue weighted by molar-refractivity contribution is -0.120. The maximum absolute atomic E-state index is 11.7. The van der Waals surface area contributed by atoms with Crippen molar-refractivity contribution in [3.8, 4) is 6.07 Å². The number of anilines is 1. The third kappa shape index (κ3) is 4.68. The Morgan fingerprint density at radius 3 is 2.79 bits per heavy atom. The van der Waals surface area contributed by atoms with Gasteiger partial charge in [0.2, 0.25) is 5.91 Å². The molecule has 0 aromatic heterocycles. The van der Waals surface area contributed by atoms with Gasteiger partial charge in [0.1, 0.15) is 6.04 Å². The molecule has 1 unspecified atom stereocenters. The third-order valence-electron chi connectivity index (χ3n) is 2.34. The zero-order valence-electron chi connectivity index (χ0n) is 10.9. The van der Waals surface area contributed by atoms with Gasteiger partial charge in [-0.25, -0.2) is 4.79 Å². The van der Waals surface area contributed by atoms with Crippen molar-refractivity contribution in [1.82, 2.24) is 10.6 Å². The summed E-state index contributed by atoms with van der Waals surface area (Å²) in [7, 11) is 0. The number of carbonyl (C=O) groups is 2. The van der Waals surface area contributed by atoms with E-state index in [1.54, 1.807) is 38.1 Å². The average molecular weight is 260 g/mol. The summed E-state index contributed by atoms with van der Waals surface area (Å²) in [6.45, 7) is 3.85. The number of amides is 3. The van der Waals surface area contributed by atoms with E-state index in [9.17, 15) is 9.59 Å². The quantitative estimate of drug-likeness (QED) is 0.758. The highest BCUT2D eigenvalue weighted by Crippen LogP contribution is 2.10. The molecule has 0 radical (unpaired) electrons. The molecule has 0 aliphatic carbocycles. The normalized spacial score (nSPS) is 11.0. The zero-order chi connectivity index (χ0) is 14.3. The summed E-state index contributed by atoms with van der Waals surface area (Å²) in [5, 5.41) is 16.4. The number of nitrogens with one attached hydrogen (secondary N) is 3. The van der Waals surface area contributed by atoms with E-state index in [-0.39, 0.29) is 0 Å². The summed E-state index contributed by atoms with van der Waals surface area (Å²) in [5.41, 5.74) is 1.15. The number of rotatable bonds is 4. The summed E-state index contributed by atoms with van der Waals surface area (Å²) in [4.78, 5) is 22.9. The number of hydrogen-bond acceptors (Lipinski definition) is 4. The van der Waals surface area contributed by atoms with Crippen LogP contribution >= 0.6 is 0 Å². The lowest BCUT2D eigenvalue weighted by atomic mass is 10.2. The third-order valence-corrected chi connectivity index (χ3v) is 2.34. The van der Waals surface area contributed by atoms with Crippen LogP contribution in [0.4, 0.5) is 10.5 Å². The van der Waals surface area contributed by atoms with Crippen molar-refractivity contribution in [2.75, 3.05) is 11.9 Å². The van der Waals surface area contributed by atoms with Crippen LogP contribution in [0.15, 0.2) is 24.3 Å². The molecule has 0 spiro atoms. The monoisotopic (exact) mass is 260 g/mol. The summed E-state index contributed by atoms with van der Waals surface area (Å²) in [6, 6.07) is 7.68. The van der Waals surface area contributed by atoms with Crippen molar-refractivity contribution < 1.29 is 9.59 Å². The fourth-order valence-corrected chi connectivity index (χ4v) is 1.42. The number of nitriles is 1. The van der Waals surface area contributed by atoms with Gasteiger partial charge in [-0.2, -0.15) is 5.26 Å². The topological polar surface area (TPSA) is 94.0 Å². The lowest BCUT2D eigenvalue weighted by Crippen LogP contribution is -2.45. The second-order valence-electron chi connectivity index (χ2n) is 3.91. The van der Waals surface area contributed by atoms with Gasteiger partial charge in [0.25, 0.3) is 0 Å². The highest BCUT2D eigenvalue weighted by molar-refractivity contribution is 5.97. The minimum absolute atomic E-state index is 0.437. The molecule has 3 N–H and O–H groups in total. The fraction of sp³-hybridized carbons (Fsp3) is 0.308. The van der Waals surface area contributed by atoms with Crippen molar-refractivity contribution >= 4 is 17.6 Å². The maximum atomic E-state index is 11.7. The number of urea groups is 1. The molecular formula is C13H16N4O2. The molecule has 1 aromatic rings. The Morgan fingerprint density at radius 2 is 2.16 bits per heavy atom. The van der Waals surface area contributed by atoms with Gasteiger partial charge in [-0.3, -0.25) is 10.1 Å². The SMILES string of the molecule is CCNC(=O)NC(=O)C(C)Nc1cccc(C#N)c1. The molecular weight excluding hydrogens is 244 g/mol. The molecule has 1 aromatic carbocycles. The number of benzene rings is 1. The van der Waals surface area contributed by atoms with Gasteiger partial charge in [-0.05, 0) is 32.0 Å². The van der Waals surface area contributed by atoms with Crippen LogP contribution in [0.5, 0.6) is 0 Å². The Morgan fingerprint density at radius 1 is 1.42 bits per heavy atom. The van der Waals surface area contributed by atoms with Crippen LogP contribution in [0.3, 0.4) is 0 Å². The standard InChI is InChI=1S/C13H16N4O2/c1-3-15-13(19)17-12(18)9(2)16-11-6-4-5-10(7-11)8-14/h4-7,9,16H,3H2,1-2H3,(H2,15,17,18,19). The van der Waals surface area contributed by atoms with Crippen molar-refractivity contribution in [2.24, 2.45) is 0 Å². The molecule has 6 nitrogen and oxygen atoms in total. The van der Waals surface area contributed by atoms with Crippen LogP contribution in [0.1, 0.15) is 19.4 Å². The van der Waals surface area contributed by atoms with Gasteiger partial charge in [0, 0.05) is 12.2 Å². The first-order valence-corrected chi connectivity index (χ1v) is 5.92. The number of hydrogen-bond donors (Lipinski definition) is 3. The second-order valence-corrected chi connectivity index (χ2v) is 3.91. The highest BCUT2D eigenvalue weighted by Gasteiger charge is 2.15. The van der Waals surface area contributed by atoms with E-state index in [4.69, 9.17) is 5.26 Å². The van der Waals surface area contributed by atoms with Crippen molar-refractivity contribution in [2.45, 2.75) is 19.9 Å². The van der Waals surface area contributed by atoms with Crippen LogP contribution in [0.2, 0.25) is 0 Å². The van der Waals surface area contributed by atoms with E-state index in [0.29, 0.717) is 17.8 Å². The largest absolute Gasteiger partial charge is 0.374 e. The Balaban J connectivity index is 2.58. The fourth-order valence-electron chi connectivity index (χ4n) is 1.42. The Labute approximate surface area is 111 Å². The Kier molecular flexibility index (Phi) is 5.35. The Hall–Kier alpha value is -2.55. The molecule has 1 rings (SSSR count). The maximum Gasteiger partial charge on any atom is 0.321 e. The van der Waals surface area contributed by atoms with Crippen LogP contribution in [0.25, 0.3) is 0 Å². The van der Waals surface area contributed by atoms with Crippen LogP contribution in [-0.4, -0.2) is 24.5 Å². The molecule has 19 heavy (non-hydrogen) atoms. The molecule has 0 heterocycles. The zero-order valence-corrected chi connectivity index (χ0v) is 10.9. The smallest absolute Gasteiger partial charge is 0.321 e. The van der Waals surface area contributed by atoms with E-state index in [2.05, 4.69) is 16.0 Å². The molecule has 0 fully saturated rings. The van der Waals surface area contributed by atoms with E-state index >= 15 is 0 Å². The number of imide groups is 1. The number of nitrogens with zero attached hydrogens (tertiary/aromatic N) is 1. The molecule has 0 bridgehead atoms. The first kappa shape index (κ1) is 14.5. The van der Waals surface area contributed by atoms with Gasteiger partial charge in [0.05, 0.1) is 11.6 Å². The second kappa shape index (κ2) is 7.01. The highest BCUT2D eigenvalue weighted by atomic mass is 16.2. The summed E-state index contributed by atoms with van der Waals surface area (Å²) in [5.74, 6) is -0.437. The Bertz CT molecular complexity index is 508. The van der Waals surface area contributed by atoms with E-state index < -0.39 is 18.0 Å². The van der Waals surface area contributed by atoms with Crippen LogP contribution < -0.4 is 16.0 Å². The predicted molar refractivity (Wildman–Crippen MR) is 71.5 cm³/mol. The van der Waals surface area contributed by atoms with Gasteiger partial charge in [0.15, 0.2) is 0 Å². The van der Waals surface area contributed by atoms with Gasteiger partial charge in [-0.15, -0.1) is 0 Å². The van der Waals surface area contributed by atoms with Gasteiger partial charge < -0.3 is 10.6 Å². The lowest BCUT2D eigenvalue weighted by Gasteiger charge is -2.14. The van der Waals surface area contributed by atoms with Gasteiger partial charge in [-0.1, -0.05) is 6.07 Å². The first-order chi connectivity index (χ1) is 9.06. The summed E-state index contributed by atoms with van der Waals surface area (Å²) >= 11 is 0. The number of carbonyl (C=O) groups excluding carboxylic acids is 2. The van der Waals surface area contributed by atoms with Gasteiger partial charge >= 0.3 is 6.03 Å². The molecule has 6 heteroatoms. The molecule has 100 valence electrons. The molecule has 1 atom stereocenters. The van der Waals surface area contributed by atoms with Crippen molar-refractivity contribution in [3.63, 3.8) is 0 Å². The van der Waals surface area contributed by atoms with Crippen LogP contribution in [0, 0.1) is 11.3 Å². The predicted octanol–water partition coefficient (Wildman–Crippen LogP) is 1.20. The summed E-state index contributed by atoms with van der Waals surface area (Å²) < 4.78 is 0. The molecule has 0 saturated carbocycles. The van der Waals surface area contributed by atoms with E-state index in [1.165, 1.54) is 0 Å². The molecule has 0 aliphatic heterocycles. The average Bonchev–Trinajstić information content (AvgIpc) is 2.39. The minimum Gasteiger partial charge on any atom is -0.374 e. The molecule has 0 aliphatic rings. The minimum atomic E-state index is -0.587. The van der Waals surface area contributed by atoms with Crippen molar-refractivity contribution in [3.05, 3.63) is 29.8 Å². The van der Waals surface area contributed by atoms with Crippen molar-refractivity contribution in [1.29, 1.82) is 5.26 Å².